The second-order valence-electron chi connectivity index (χ2n) is 5.21. The van der Waals surface area contributed by atoms with Gasteiger partial charge in [0.2, 0.25) is 5.91 Å². The third kappa shape index (κ3) is 4.32. The van der Waals surface area contributed by atoms with Gasteiger partial charge in [0.15, 0.2) is 0 Å². The van der Waals surface area contributed by atoms with E-state index in [0.717, 1.165) is 29.5 Å². The number of carbonyl (C=O) groups excluding carboxylic acids is 1. The highest BCUT2D eigenvalue weighted by molar-refractivity contribution is 9.10. The SMILES string of the molecule is CC(NC(=O)CCC1CCNC1)c1ccccc1Br. The van der Waals surface area contributed by atoms with Crippen LogP contribution >= 0.6 is 15.9 Å². The van der Waals surface area contributed by atoms with Crippen molar-refractivity contribution in [3.63, 3.8) is 0 Å². The molecule has 1 heterocycles. The summed E-state index contributed by atoms with van der Waals surface area (Å²) in [5, 5.41) is 6.40. The number of rotatable bonds is 5. The van der Waals surface area contributed by atoms with Crippen molar-refractivity contribution in [2.24, 2.45) is 5.92 Å². The van der Waals surface area contributed by atoms with Crippen LogP contribution in [0.25, 0.3) is 0 Å². The molecule has 1 fully saturated rings. The van der Waals surface area contributed by atoms with Gasteiger partial charge in [0.05, 0.1) is 6.04 Å². The van der Waals surface area contributed by atoms with Gasteiger partial charge in [-0.25, -0.2) is 0 Å². The summed E-state index contributed by atoms with van der Waals surface area (Å²) >= 11 is 3.52. The summed E-state index contributed by atoms with van der Waals surface area (Å²) in [6.45, 7) is 4.18. The summed E-state index contributed by atoms with van der Waals surface area (Å²) in [6, 6.07) is 8.06. The number of hydrogen-bond donors (Lipinski definition) is 2. The lowest BCUT2D eigenvalue weighted by molar-refractivity contribution is -0.122. The van der Waals surface area contributed by atoms with Crippen LogP contribution in [-0.2, 0) is 4.79 Å². The van der Waals surface area contributed by atoms with Gasteiger partial charge in [-0.3, -0.25) is 4.79 Å². The molecule has 104 valence electrons. The van der Waals surface area contributed by atoms with Crippen molar-refractivity contribution >= 4 is 21.8 Å². The van der Waals surface area contributed by atoms with Crippen LogP contribution in [0.1, 0.15) is 37.8 Å². The van der Waals surface area contributed by atoms with Crippen LogP contribution in [0.5, 0.6) is 0 Å². The maximum absolute atomic E-state index is 11.9. The Morgan fingerprint density at radius 2 is 2.32 bits per heavy atom. The number of carbonyl (C=O) groups is 1. The van der Waals surface area contributed by atoms with Crippen molar-refractivity contribution in [3.8, 4) is 0 Å². The average molecular weight is 325 g/mol. The van der Waals surface area contributed by atoms with Gasteiger partial charge in [-0.2, -0.15) is 0 Å². The van der Waals surface area contributed by atoms with E-state index in [1.807, 2.05) is 31.2 Å². The zero-order valence-corrected chi connectivity index (χ0v) is 12.9. The second kappa shape index (κ2) is 7.06. The molecule has 2 unspecified atom stereocenters. The summed E-state index contributed by atoms with van der Waals surface area (Å²) in [5.74, 6) is 0.819. The summed E-state index contributed by atoms with van der Waals surface area (Å²) in [5.41, 5.74) is 1.12. The molecule has 0 bridgehead atoms. The predicted molar refractivity (Wildman–Crippen MR) is 80.9 cm³/mol. The molecule has 2 atom stereocenters. The van der Waals surface area contributed by atoms with E-state index < -0.39 is 0 Å². The first-order valence-electron chi connectivity index (χ1n) is 6.91. The fraction of sp³-hybridized carbons (Fsp3) is 0.533. The van der Waals surface area contributed by atoms with E-state index in [4.69, 9.17) is 0 Å². The van der Waals surface area contributed by atoms with Crippen molar-refractivity contribution in [2.45, 2.75) is 32.2 Å². The molecule has 0 aromatic heterocycles. The van der Waals surface area contributed by atoms with Gasteiger partial charge in [0.25, 0.3) is 0 Å². The van der Waals surface area contributed by atoms with Crippen LogP contribution in [-0.4, -0.2) is 19.0 Å². The van der Waals surface area contributed by atoms with Crippen LogP contribution in [0.4, 0.5) is 0 Å². The fourth-order valence-corrected chi connectivity index (χ4v) is 3.14. The fourth-order valence-electron chi connectivity index (χ4n) is 2.51. The van der Waals surface area contributed by atoms with Crippen molar-refractivity contribution < 1.29 is 4.79 Å². The van der Waals surface area contributed by atoms with Gasteiger partial charge < -0.3 is 10.6 Å². The van der Waals surface area contributed by atoms with Gasteiger partial charge >= 0.3 is 0 Å². The van der Waals surface area contributed by atoms with Crippen molar-refractivity contribution in [2.75, 3.05) is 13.1 Å². The van der Waals surface area contributed by atoms with E-state index in [9.17, 15) is 4.79 Å². The summed E-state index contributed by atoms with van der Waals surface area (Å²) < 4.78 is 1.04. The highest BCUT2D eigenvalue weighted by Crippen LogP contribution is 2.23. The molecular weight excluding hydrogens is 304 g/mol. The van der Waals surface area contributed by atoms with Crippen LogP contribution in [0.15, 0.2) is 28.7 Å². The standard InChI is InChI=1S/C15H21BrN2O/c1-11(13-4-2-3-5-14(13)16)18-15(19)7-6-12-8-9-17-10-12/h2-5,11-12,17H,6-10H2,1H3,(H,18,19). The molecule has 2 N–H and O–H groups in total. The Kier molecular flexibility index (Phi) is 5.40. The molecule has 0 aliphatic carbocycles. The number of benzene rings is 1. The van der Waals surface area contributed by atoms with Crippen LogP contribution in [0.2, 0.25) is 0 Å². The first-order chi connectivity index (χ1) is 9.16. The number of amides is 1. The molecule has 1 saturated heterocycles. The molecule has 4 heteroatoms. The van der Waals surface area contributed by atoms with E-state index >= 15 is 0 Å². The average Bonchev–Trinajstić information content (AvgIpc) is 2.90. The van der Waals surface area contributed by atoms with Gasteiger partial charge in [-0.1, -0.05) is 34.1 Å². The predicted octanol–water partition coefficient (Wildman–Crippen LogP) is 3.02. The normalized spacial score (nSPS) is 20.2. The lowest BCUT2D eigenvalue weighted by atomic mass is 10.0. The van der Waals surface area contributed by atoms with Gasteiger partial charge in [-0.15, -0.1) is 0 Å². The Balaban J connectivity index is 1.79. The Labute approximate surface area is 123 Å². The van der Waals surface area contributed by atoms with Crippen LogP contribution in [0.3, 0.4) is 0 Å². The monoisotopic (exact) mass is 324 g/mol. The Morgan fingerprint density at radius 3 is 3.00 bits per heavy atom. The molecule has 19 heavy (non-hydrogen) atoms. The largest absolute Gasteiger partial charge is 0.350 e. The van der Waals surface area contributed by atoms with E-state index in [2.05, 4.69) is 26.6 Å². The maximum Gasteiger partial charge on any atom is 0.220 e. The van der Waals surface area contributed by atoms with Crippen molar-refractivity contribution in [3.05, 3.63) is 34.3 Å². The maximum atomic E-state index is 11.9. The lowest BCUT2D eigenvalue weighted by Gasteiger charge is -2.16. The number of hydrogen-bond acceptors (Lipinski definition) is 2. The number of nitrogens with one attached hydrogen (secondary N) is 2. The molecule has 1 aliphatic heterocycles. The van der Waals surface area contributed by atoms with Gasteiger partial charge in [-0.05, 0) is 50.4 Å². The second-order valence-corrected chi connectivity index (χ2v) is 6.06. The zero-order chi connectivity index (χ0) is 13.7. The minimum atomic E-state index is 0.0461. The smallest absolute Gasteiger partial charge is 0.220 e. The summed E-state index contributed by atoms with van der Waals surface area (Å²) in [6.07, 6.45) is 2.82. The van der Waals surface area contributed by atoms with Crippen LogP contribution < -0.4 is 10.6 Å². The topological polar surface area (TPSA) is 41.1 Å². The molecule has 2 rings (SSSR count). The minimum Gasteiger partial charge on any atom is -0.350 e. The summed E-state index contributed by atoms with van der Waals surface area (Å²) in [4.78, 5) is 11.9. The molecule has 0 spiro atoms. The molecule has 0 saturated carbocycles. The first kappa shape index (κ1) is 14.5. The van der Waals surface area contributed by atoms with Gasteiger partial charge in [0.1, 0.15) is 0 Å². The highest BCUT2D eigenvalue weighted by atomic mass is 79.9. The zero-order valence-electron chi connectivity index (χ0n) is 11.3. The Bertz CT molecular complexity index is 430. The van der Waals surface area contributed by atoms with E-state index in [-0.39, 0.29) is 11.9 Å². The molecular formula is C15H21BrN2O. The quantitative estimate of drug-likeness (QED) is 0.874. The van der Waals surface area contributed by atoms with E-state index in [1.165, 1.54) is 6.42 Å². The van der Waals surface area contributed by atoms with Crippen molar-refractivity contribution in [1.29, 1.82) is 0 Å². The first-order valence-corrected chi connectivity index (χ1v) is 7.70. The number of halogens is 1. The highest BCUT2D eigenvalue weighted by Gasteiger charge is 2.17. The van der Waals surface area contributed by atoms with Gasteiger partial charge in [0, 0.05) is 10.9 Å². The third-order valence-electron chi connectivity index (χ3n) is 3.69. The molecule has 1 amide bonds. The molecule has 1 aliphatic rings. The van der Waals surface area contributed by atoms with Crippen molar-refractivity contribution in [1.82, 2.24) is 10.6 Å². The molecule has 1 aromatic rings. The molecule has 1 aromatic carbocycles. The van der Waals surface area contributed by atoms with E-state index in [0.29, 0.717) is 12.3 Å². The molecule has 3 nitrogen and oxygen atoms in total. The van der Waals surface area contributed by atoms with Crippen LogP contribution in [0, 0.1) is 5.92 Å². The molecule has 0 radical (unpaired) electrons. The Hall–Kier alpha value is -0.870. The Morgan fingerprint density at radius 1 is 1.53 bits per heavy atom. The minimum absolute atomic E-state index is 0.0461. The van der Waals surface area contributed by atoms with E-state index in [1.54, 1.807) is 0 Å². The summed E-state index contributed by atoms with van der Waals surface area (Å²) in [7, 11) is 0. The third-order valence-corrected chi connectivity index (χ3v) is 4.41. The lowest BCUT2D eigenvalue weighted by Crippen LogP contribution is -2.27.